The van der Waals surface area contributed by atoms with E-state index in [0.29, 0.717) is 10.0 Å². The molecule has 1 rings (SSSR count). The van der Waals surface area contributed by atoms with Gasteiger partial charge in [-0.2, -0.15) is 13.7 Å². The zero-order valence-corrected chi connectivity index (χ0v) is 12.2. The summed E-state index contributed by atoms with van der Waals surface area (Å²) in [4.78, 5) is 11.0. The standard InChI is InChI=1S/C10H10BrN3O4S/c1-2-18-10(15)14-19(16,17)13-9-4-3-7(6-12)5-8(9)11/h3-5,13H,2H2,1H3,(H,14,15). The molecule has 1 aromatic rings. The van der Waals surface area contributed by atoms with Crippen LogP contribution < -0.4 is 9.44 Å². The molecule has 0 saturated heterocycles. The molecule has 0 saturated carbocycles. The maximum atomic E-state index is 11.6. The fraction of sp³-hybridized carbons (Fsp3) is 0.200. The smallest absolute Gasteiger partial charge is 0.422 e. The van der Waals surface area contributed by atoms with Crippen LogP contribution in [0.4, 0.5) is 10.5 Å². The second kappa shape index (κ2) is 6.40. The molecule has 9 heteroatoms. The van der Waals surface area contributed by atoms with Crippen molar-refractivity contribution in [3.05, 3.63) is 28.2 Å². The van der Waals surface area contributed by atoms with E-state index in [0.717, 1.165) is 0 Å². The molecule has 0 atom stereocenters. The molecule has 1 amide bonds. The van der Waals surface area contributed by atoms with Crippen molar-refractivity contribution < 1.29 is 17.9 Å². The summed E-state index contributed by atoms with van der Waals surface area (Å²) in [5.41, 5.74) is 0.559. The predicted octanol–water partition coefficient (Wildman–Crippen LogP) is 1.72. The molecular formula is C10H10BrN3O4S. The number of nitrogens with zero attached hydrogens (tertiary/aromatic N) is 1. The van der Waals surface area contributed by atoms with Crippen LogP contribution in [0.1, 0.15) is 12.5 Å². The molecule has 0 unspecified atom stereocenters. The first-order valence-electron chi connectivity index (χ1n) is 5.05. The predicted molar refractivity (Wildman–Crippen MR) is 71.6 cm³/mol. The normalized spacial score (nSPS) is 10.4. The van der Waals surface area contributed by atoms with Crippen LogP contribution in [0.25, 0.3) is 0 Å². The Bertz CT molecular complexity index is 624. The molecule has 19 heavy (non-hydrogen) atoms. The van der Waals surface area contributed by atoms with Gasteiger partial charge in [-0.25, -0.2) is 9.52 Å². The largest absolute Gasteiger partial charge is 0.449 e. The zero-order valence-electron chi connectivity index (χ0n) is 9.81. The molecular weight excluding hydrogens is 338 g/mol. The van der Waals surface area contributed by atoms with Gasteiger partial charge in [0.1, 0.15) is 0 Å². The molecule has 2 N–H and O–H groups in total. The van der Waals surface area contributed by atoms with Gasteiger partial charge in [0.25, 0.3) is 0 Å². The molecule has 0 bridgehead atoms. The molecule has 0 aromatic heterocycles. The van der Waals surface area contributed by atoms with E-state index < -0.39 is 16.3 Å². The number of carbonyl (C=O) groups is 1. The van der Waals surface area contributed by atoms with E-state index in [1.165, 1.54) is 18.2 Å². The first kappa shape index (κ1) is 15.3. The Kier molecular flexibility index (Phi) is 5.14. The summed E-state index contributed by atoms with van der Waals surface area (Å²) in [5, 5.41) is 8.68. The fourth-order valence-corrected chi connectivity index (χ4v) is 2.51. The Morgan fingerprint density at radius 2 is 2.21 bits per heavy atom. The highest BCUT2D eigenvalue weighted by Crippen LogP contribution is 2.24. The zero-order chi connectivity index (χ0) is 14.5. The number of anilines is 1. The summed E-state index contributed by atoms with van der Waals surface area (Å²) < 4.78 is 31.8. The first-order chi connectivity index (χ1) is 8.88. The van der Waals surface area contributed by atoms with Crippen LogP contribution in [0, 0.1) is 11.3 Å². The van der Waals surface area contributed by atoms with Crippen molar-refractivity contribution in [1.29, 1.82) is 5.26 Å². The maximum Gasteiger partial charge on any atom is 0.422 e. The molecule has 0 aliphatic carbocycles. The lowest BCUT2D eigenvalue weighted by molar-refractivity contribution is 0.159. The Balaban J connectivity index is 2.84. The second-order valence-corrected chi connectivity index (χ2v) is 5.50. The van der Waals surface area contributed by atoms with Gasteiger partial charge >= 0.3 is 16.3 Å². The van der Waals surface area contributed by atoms with E-state index in [9.17, 15) is 13.2 Å². The summed E-state index contributed by atoms with van der Waals surface area (Å²) in [7, 11) is -4.09. The third kappa shape index (κ3) is 4.76. The lowest BCUT2D eigenvalue weighted by Gasteiger charge is -2.10. The molecule has 102 valence electrons. The van der Waals surface area contributed by atoms with Crippen molar-refractivity contribution in [1.82, 2.24) is 4.72 Å². The third-order valence-corrected chi connectivity index (χ3v) is 3.42. The van der Waals surface area contributed by atoms with Gasteiger partial charge in [0.05, 0.1) is 23.9 Å². The van der Waals surface area contributed by atoms with Crippen LogP contribution in [0.3, 0.4) is 0 Å². The van der Waals surface area contributed by atoms with Crippen LogP contribution in [0.5, 0.6) is 0 Å². The van der Waals surface area contributed by atoms with Crippen LogP contribution in [0.15, 0.2) is 22.7 Å². The lowest BCUT2D eigenvalue weighted by atomic mass is 10.2. The van der Waals surface area contributed by atoms with Gasteiger partial charge in [-0.3, -0.25) is 4.72 Å². The fourth-order valence-electron chi connectivity index (χ4n) is 1.11. The van der Waals surface area contributed by atoms with Crippen molar-refractivity contribution in [2.75, 3.05) is 11.3 Å². The molecule has 0 aliphatic heterocycles. The van der Waals surface area contributed by atoms with Crippen molar-refractivity contribution in [2.24, 2.45) is 0 Å². The Morgan fingerprint density at radius 1 is 1.53 bits per heavy atom. The highest BCUT2D eigenvalue weighted by Gasteiger charge is 2.16. The number of carbonyl (C=O) groups excluding carboxylic acids is 1. The number of rotatable bonds is 4. The molecule has 0 fully saturated rings. The van der Waals surface area contributed by atoms with Gasteiger partial charge in [-0.15, -0.1) is 0 Å². The Hall–Kier alpha value is -1.79. The minimum Gasteiger partial charge on any atom is -0.449 e. The minimum atomic E-state index is -4.09. The number of benzene rings is 1. The van der Waals surface area contributed by atoms with Crippen molar-refractivity contribution >= 4 is 37.9 Å². The van der Waals surface area contributed by atoms with E-state index in [-0.39, 0.29) is 12.3 Å². The van der Waals surface area contributed by atoms with E-state index in [4.69, 9.17) is 5.26 Å². The van der Waals surface area contributed by atoms with Crippen molar-refractivity contribution in [2.45, 2.75) is 6.92 Å². The number of hydrogen-bond acceptors (Lipinski definition) is 5. The molecule has 0 aliphatic rings. The van der Waals surface area contributed by atoms with E-state index in [1.54, 1.807) is 11.6 Å². The van der Waals surface area contributed by atoms with Gasteiger partial charge in [-0.1, -0.05) is 0 Å². The number of halogens is 1. The van der Waals surface area contributed by atoms with Gasteiger partial charge in [0.2, 0.25) is 0 Å². The SMILES string of the molecule is CCOC(=O)NS(=O)(=O)Nc1ccc(C#N)cc1Br. The molecule has 0 spiro atoms. The van der Waals surface area contributed by atoms with Crippen molar-refractivity contribution in [3.8, 4) is 6.07 Å². The maximum absolute atomic E-state index is 11.6. The van der Waals surface area contributed by atoms with Gasteiger partial charge < -0.3 is 4.74 Å². The monoisotopic (exact) mass is 347 g/mol. The average Bonchev–Trinajstić information content (AvgIpc) is 2.31. The number of hydrogen-bond donors (Lipinski definition) is 2. The van der Waals surface area contributed by atoms with E-state index >= 15 is 0 Å². The van der Waals surface area contributed by atoms with Crippen LogP contribution in [-0.2, 0) is 14.9 Å². The summed E-state index contributed by atoms with van der Waals surface area (Å²) in [5.74, 6) is 0. The summed E-state index contributed by atoms with van der Waals surface area (Å²) in [6.45, 7) is 1.61. The Labute approximate surface area is 118 Å². The van der Waals surface area contributed by atoms with Crippen LogP contribution >= 0.6 is 15.9 Å². The summed E-state index contributed by atoms with van der Waals surface area (Å²) >= 11 is 3.12. The quantitative estimate of drug-likeness (QED) is 0.861. The number of nitrogens with one attached hydrogen (secondary N) is 2. The number of amides is 1. The van der Waals surface area contributed by atoms with Crippen LogP contribution in [-0.4, -0.2) is 21.1 Å². The molecule has 7 nitrogen and oxygen atoms in total. The van der Waals surface area contributed by atoms with Gasteiger partial charge in [0, 0.05) is 4.47 Å². The Morgan fingerprint density at radius 3 is 2.74 bits per heavy atom. The molecule has 0 heterocycles. The number of ether oxygens (including phenoxy) is 1. The second-order valence-electron chi connectivity index (χ2n) is 3.23. The molecule has 0 radical (unpaired) electrons. The summed E-state index contributed by atoms with van der Waals surface area (Å²) in [6.07, 6.45) is -1.07. The average molecular weight is 348 g/mol. The third-order valence-electron chi connectivity index (χ3n) is 1.84. The lowest BCUT2D eigenvalue weighted by Crippen LogP contribution is -2.35. The summed E-state index contributed by atoms with van der Waals surface area (Å²) in [6, 6.07) is 6.19. The van der Waals surface area contributed by atoms with Gasteiger partial charge in [0.15, 0.2) is 0 Å². The van der Waals surface area contributed by atoms with Gasteiger partial charge in [-0.05, 0) is 41.1 Å². The van der Waals surface area contributed by atoms with Crippen molar-refractivity contribution in [3.63, 3.8) is 0 Å². The van der Waals surface area contributed by atoms with E-state index in [2.05, 4.69) is 25.4 Å². The van der Waals surface area contributed by atoms with E-state index in [1.807, 2.05) is 6.07 Å². The highest BCUT2D eigenvalue weighted by molar-refractivity contribution is 9.10. The van der Waals surface area contributed by atoms with Crippen LogP contribution in [0.2, 0.25) is 0 Å². The number of nitriles is 1. The molecule has 1 aromatic carbocycles. The minimum absolute atomic E-state index is 0.0575. The highest BCUT2D eigenvalue weighted by atomic mass is 79.9. The first-order valence-corrected chi connectivity index (χ1v) is 7.32. The topological polar surface area (TPSA) is 108 Å².